The van der Waals surface area contributed by atoms with Crippen LogP contribution in [0.4, 0.5) is 0 Å². The topological polar surface area (TPSA) is 77.5 Å². The van der Waals surface area contributed by atoms with Crippen LogP contribution in [0.1, 0.15) is 60.3 Å². The summed E-state index contributed by atoms with van der Waals surface area (Å²) in [5, 5.41) is 0. The Morgan fingerprint density at radius 2 is 1.35 bits per heavy atom. The molecule has 5 nitrogen and oxygen atoms in total. The standard InChI is InChI=1S/C8H14O3.C7H12O2/c1-6(2)5-11-8(10)4-7(3)9;1-3-6(8)5-7(9)4-2/h6H,4-5H2,1-3H3;3-5H2,1-2H3. The number of ketones is 3. The van der Waals surface area contributed by atoms with E-state index in [9.17, 15) is 19.2 Å². The summed E-state index contributed by atoms with van der Waals surface area (Å²) in [6.07, 6.45) is 0.983. The van der Waals surface area contributed by atoms with E-state index in [0.29, 0.717) is 25.4 Å². The lowest BCUT2D eigenvalue weighted by molar-refractivity contribution is -0.146. The van der Waals surface area contributed by atoms with Gasteiger partial charge in [-0.25, -0.2) is 0 Å². The van der Waals surface area contributed by atoms with Crippen LogP contribution in [0.25, 0.3) is 0 Å². The van der Waals surface area contributed by atoms with Crippen molar-refractivity contribution < 1.29 is 23.9 Å². The largest absolute Gasteiger partial charge is 0.465 e. The Morgan fingerprint density at radius 3 is 1.65 bits per heavy atom. The van der Waals surface area contributed by atoms with Crippen LogP contribution in [0.2, 0.25) is 0 Å². The van der Waals surface area contributed by atoms with Crippen molar-refractivity contribution >= 4 is 23.3 Å². The zero-order chi connectivity index (χ0) is 16.1. The van der Waals surface area contributed by atoms with Crippen LogP contribution in [-0.2, 0) is 23.9 Å². The van der Waals surface area contributed by atoms with Crippen molar-refractivity contribution in [2.45, 2.75) is 60.3 Å². The van der Waals surface area contributed by atoms with E-state index in [1.165, 1.54) is 6.92 Å². The predicted octanol–water partition coefficient (Wildman–Crippen LogP) is 2.50. The molecule has 0 rings (SSSR count). The molecule has 0 radical (unpaired) electrons. The van der Waals surface area contributed by atoms with Crippen LogP contribution in [0.5, 0.6) is 0 Å². The Labute approximate surface area is 121 Å². The maximum atomic E-state index is 10.7. The number of carbonyl (C=O) groups is 4. The number of carbonyl (C=O) groups excluding carboxylic acids is 4. The smallest absolute Gasteiger partial charge is 0.313 e. The van der Waals surface area contributed by atoms with E-state index >= 15 is 0 Å². The second-order valence-electron chi connectivity index (χ2n) is 4.92. The van der Waals surface area contributed by atoms with Gasteiger partial charge in [-0.3, -0.25) is 19.2 Å². The van der Waals surface area contributed by atoms with Crippen molar-refractivity contribution in [3.8, 4) is 0 Å². The van der Waals surface area contributed by atoms with Crippen LogP contribution < -0.4 is 0 Å². The Balaban J connectivity index is 0. The zero-order valence-electron chi connectivity index (χ0n) is 13.2. The van der Waals surface area contributed by atoms with E-state index in [1.807, 2.05) is 13.8 Å². The lowest BCUT2D eigenvalue weighted by Gasteiger charge is -2.04. The Morgan fingerprint density at radius 1 is 0.900 bits per heavy atom. The molecule has 0 aliphatic rings. The lowest BCUT2D eigenvalue weighted by Crippen LogP contribution is -2.12. The number of hydrogen-bond donors (Lipinski definition) is 0. The number of rotatable bonds is 8. The van der Waals surface area contributed by atoms with E-state index in [4.69, 9.17) is 4.74 Å². The summed E-state index contributed by atoms with van der Waals surface area (Å²) < 4.78 is 4.75. The lowest BCUT2D eigenvalue weighted by atomic mass is 10.1. The fourth-order valence-corrected chi connectivity index (χ4v) is 0.984. The van der Waals surface area contributed by atoms with Crippen LogP contribution in [0.15, 0.2) is 0 Å². The van der Waals surface area contributed by atoms with E-state index < -0.39 is 5.97 Å². The zero-order valence-corrected chi connectivity index (χ0v) is 13.2. The number of ether oxygens (including phenoxy) is 1. The van der Waals surface area contributed by atoms with Gasteiger partial charge in [-0.1, -0.05) is 27.7 Å². The highest BCUT2D eigenvalue weighted by molar-refractivity contribution is 5.98. The first-order valence-electron chi connectivity index (χ1n) is 6.91. The SMILES string of the molecule is CC(=O)CC(=O)OCC(C)C.CCC(=O)CC(=O)CC. The minimum absolute atomic E-state index is 0.0434. The summed E-state index contributed by atoms with van der Waals surface area (Å²) >= 11 is 0. The second kappa shape index (κ2) is 12.5. The third-order valence-corrected chi connectivity index (χ3v) is 2.15. The molecule has 0 aromatic rings. The van der Waals surface area contributed by atoms with Crippen LogP contribution >= 0.6 is 0 Å². The molecule has 0 bridgehead atoms. The van der Waals surface area contributed by atoms with Gasteiger partial charge in [0.15, 0.2) is 0 Å². The van der Waals surface area contributed by atoms with Crippen molar-refractivity contribution in [2.24, 2.45) is 5.92 Å². The maximum absolute atomic E-state index is 10.7. The molecule has 0 N–H and O–H groups in total. The molecule has 0 aliphatic carbocycles. The summed E-state index contributed by atoms with van der Waals surface area (Å²) in [5.41, 5.74) is 0. The molecule has 0 unspecified atom stereocenters. The minimum atomic E-state index is -0.425. The molecule has 0 heterocycles. The molecule has 0 atom stereocenters. The Hall–Kier alpha value is -1.52. The van der Waals surface area contributed by atoms with Gasteiger partial charge in [0, 0.05) is 12.8 Å². The molecule has 0 amide bonds. The van der Waals surface area contributed by atoms with Gasteiger partial charge in [-0.15, -0.1) is 0 Å². The fraction of sp³-hybridized carbons (Fsp3) is 0.733. The van der Waals surface area contributed by atoms with Crippen molar-refractivity contribution in [3.63, 3.8) is 0 Å². The summed E-state index contributed by atoms with van der Waals surface area (Å²) in [5.74, 6) is -0.167. The van der Waals surface area contributed by atoms with Crippen molar-refractivity contribution in [1.29, 1.82) is 0 Å². The number of Topliss-reactive ketones (excluding diaryl/α,β-unsaturated/α-hetero) is 3. The first-order valence-corrected chi connectivity index (χ1v) is 6.91. The molecule has 0 saturated heterocycles. The highest BCUT2D eigenvalue weighted by Crippen LogP contribution is 1.95. The average Bonchev–Trinajstić information content (AvgIpc) is 2.36. The van der Waals surface area contributed by atoms with Crippen molar-refractivity contribution in [3.05, 3.63) is 0 Å². The van der Waals surface area contributed by atoms with Gasteiger partial charge in [0.2, 0.25) is 0 Å². The normalized spacial score (nSPS) is 9.50. The molecule has 0 aliphatic heterocycles. The Bertz CT molecular complexity index is 317. The summed E-state index contributed by atoms with van der Waals surface area (Å²) in [6.45, 7) is 9.20. The Kier molecular flexibility index (Phi) is 13.0. The summed E-state index contributed by atoms with van der Waals surface area (Å²) in [7, 11) is 0. The molecular weight excluding hydrogens is 260 g/mol. The van der Waals surface area contributed by atoms with E-state index in [1.54, 1.807) is 13.8 Å². The predicted molar refractivity (Wildman–Crippen MR) is 76.3 cm³/mol. The van der Waals surface area contributed by atoms with Gasteiger partial charge in [-0.05, 0) is 12.8 Å². The van der Waals surface area contributed by atoms with Crippen LogP contribution in [0, 0.1) is 5.92 Å². The van der Waals surface area contributed by atoms with Crippen molar-refractivity contribution in [1.82, 2.24) is 0 Å². The fourth-order valence-electron chi connectivity index (χ4n) is 0.984. The van der Waals surface area contributed by atoms with Gasteiger partial charge in [0.1, 0.15) is 23.8 Å². The molecule has 116 valence electrons. The maximum Gasteiger partial charge on any atom is 0.313 e. The van der Waals surface area contributed by atoms with Crippen molar-refractivity contribution in [2.75, 3.05) is 6.61 Å². The number of hydrogen-bond acceptors (Lipinski definition) is 5. The third-order valence-electron chi connectivity index (χ3n) is 2.15. The molecular formula is C15H26O5. The van der Waals surface area contributed by atoms with Crippen LogP contribution in [0.3, 0.4) is 0 Å². The first-order chi connectivity index (χ1) is 9.22. The molecule has 0 saturated carbocycles. The van der Waals surface area contributed by atoms with Crippen LogP contribution in [-0.4, -0.2) is 29.9 Å². The molecule has 0 aromatic heterocycles. The highest BCUT2D eigenvalue weighted by Gasteiger charge is 2.06. The van der Waals surface area contributed by atoms with E-state index in [0.717, 1.165) is 0 Å². The molecule has 5 heteroatoms. The van der Waals surface area contributed by atoms with Gasteiger partial charge in [0.25, 0.3) is 0 Å². The van der Waals surface area contributed by atoms with E-state index in [2.05, 4.69) is 0 Å². The summed E-state index contributed by atoms with van der Waals surface area (Å²) in [4.78, 5) is 42.2. The van der Waals surface area contributed by atoms with Gasteiger partial charge < -0.3 is 4.74 Å². The molecule has 0 spiro atoms. The number of esters is 1. The first kappa shape index (κ1) is 20.8. The molecule has 0 fully saturated rings. The van der Waals surface area contributed by atoms with Gasteiger partial charge in [0.05, 0.1) is 13.0 Å². The molecule has 20 heavy (non-hydrogen) atoms. The average molecular weight is 286 g/mol. The quantitative estimate of drug-likeness (QED) is 0.506. The third kappa shape index (κ3) is 16.5. The minimum Gasteiger partial charge on any atom is -0.465 e. The van der Waals surface area contributed by atoms with Gasteiger partial charge >= 0.3 is 5.97 Å². The monoisotopic (exact) mass is 286 g/mol. The molecule has 0 aromatic carbocycles. The van der Waals surface area contributed by atoms with E-state index in [-0.39, 0.29) is 30.2 Å². The second-order valence-corrected chi connectivity index (χ2v) is 4.92. The highest BCUT2D eigenvalue weighted by atomic mass is 16.5. The summed E-state index contributed by atoms with van der Waals surface area (Å²) in [6, 6.07) is 0. The van der Waals surface area contributed by atoms with Gasteiger partial charge in [-0.2, -0.15) is 0 Å².